The maximum absolute atomic E-state index is 13.6. The molecule has 1 saturated heterocycles. The van der Waals surface area contributed by atoms with Gasteiger partial charge in [0.2, 0.25) is 0 Å². The molecule has 0 aromatic heterocycles. The van der Waals surface area contributed by atoms with E-state index in [-0.39, 0.29) is 31.4 Å². The number of fused-ring (bicyclic) bond motifs is 7. The molecular weight excluding hydrogens is 396 g/mol. The molecule has 0 amide bonds. The fraction of sp³-hybridized carbons (Fsp3) is 0.760. The average Bonchev–Trinajstić information content (AvgIpc) is 3.33. The van der Waals surface area contributed by atoms with Gasteiger partial charge in [-0.25, -0.2) is 0 Å². The van der Waals surface area contributed by atoms with E-state index in [0.717, 1.165) is 0 Å². The highest BCUT2D eigenvalue weighted by atomic mass is 16.7. The van der Waals surface area contributed by atoms with Crippen molar-refractivity contribution in [3.05, 3.63) is 23.7 Å². The van der Waals surface area contributed by atoms with Crippen LogP contribution in [0.4, 0.5) is 0 Å². The predicted molar refractivity (Wildman–Crippen MR) is 113 cm³/mol. The molecule has 2 N–H and O–H groups in total. The van der Waals surface area contributed by atoms with Crippen molar-refractivity contribution in [1.29, 1.82) is 0 Å². The second-order valence-corrected chi connectivity index (χ2v) is 9.71. The molecule has 0 aromatic rings. The van der Waals surface area contributed by atoms with Crippen molar-refractivity contribution >= 4 is 11.6 Å². The van der Waals surface area contributed by atoms with Crippen LogP contribution < -0.4 is 0 Å². The number of ether oxygens (including phenoxy) is 2. The molecule has 4 aliphatic carbocycles. The first-order chi connectivity index (χ1) is 19.0. The molecule has 0 radical (unpaired) electrons. The highest BCUT2D eigenvalue weighted by Crippen LogP contribution is 2.69. The standard InChI is InChI=1S/C25H34O6/c1-4-5-21-30-20-11-17-16-7-6-14-10-15(27)8-9-23(14,2)22(16)18(28)12-24(17,3)25(20,31-21)19(29)13-26/h8-10,16-18,20-22,26,28H,4-7,11-13H2,1-3H3/t16-,17-,18-,20+,21?,22+,23-,24-,25+/m0/s1/i1D3,4D2,5D2,8D,9D,10D,21D. The molecule has 0 aromatic carbocycles. The van der Waals surface area contributed by atoms with Crippen LogP contribution in [0, 0.1) is 28.6 Å². The lowest BCUT2D eigenvalue weighted by molar-refractivity contribution is -0.200. The van der Waals surface area contributed by atoms with Gasteiger partial charge in [0.05, 0.1) is 17.7 Å². The Morgan fingerprint density at radius 3 is 3.03 bits per heavy atom. The average molecular weight is 442 g/mol. The first kappa shape index (κ1) is 12.2. The Kier molecular flexibility index (Phi) is 2.79. The van der Waals surface area contributed by atoms with Crippen LogP contribution in [-0.4, -0.2) is 52.5 Å². The summed E-state index contributed by atoms with van der Waals surface area (Å²) in [5, 5.41) is 21.8. The molecular formula is C25H34O6. The number of aliphatic hydroxyl groups is 2. The Balaban J connectivity index is 1.61. The van der Waals surface area contributed by atoms with Crippen molar-refractivity contribution in [1.82, 2.24) is 0 Å². The molecule has 6 heteroatoms. The number of hydrogen-bond donors (Lipinski definition) is 2. The molecule has 1 heterocycles. The number of aliphatic hydroxyl groups excluding tert-OH is 2. The molecule has 0 spiro atoms. The number of rotatable bonds is 4. The Morgan fingerprint density at radius 1 is 1.48 bits per heavy atom. The van der Waals surface area contributed by atoms with Gasteiger partial charge in [0, 0.05) is 26.3 Å². The van der Waals surface area contributed by atoms with E-state index in [2.05, 4.69) is 0 Å². The normalized spacial score (nSPS) is 60.2. The highest BCUT2D eigenvalue weighted by Gasteiger charge is 2.75. The smallest absolute Gasteiger partial charge is 0.193 e. The van der Waals surface area contributed by atoms with Gasteiger partial charge in [-0.2, -0.15) is 0 Å². The van der Waals surface area contributed by atoms with Gasteiger partial charge in [0.15, 0.2) is 23.4 Å². The molecule has 9 atom stereocenters. The van der Waals surface area contributed by atoms with Crippen LogP contribution in [0.25, 0.3) is 0 Å². The number of allylic oxidation sites excluding steroid dienone is 4. The van der Waals surface area contributed by atoms with Crippen LogP contribution in [0.1, 0.15) is 74.2 Å². The lowest BCUT2D eigenvalue weighted by atomic mass is 9.46. The van der Waals surface area contributed by atoms with Crippen LogP contribution in [0.15, 0.2) is 23.7 Å². The zero-order valence-corrected chi connectivity index (χ0v) is 17.4. The lowest BCUT2D eigenvalue weighted by Crippen LogP contribution is -2.63. The van der Waals surface area contributed by atoms with E-state index in [1.807, 2.05) is 0 Å². The van der Waals surface area contributed by atoms with Gasteiger partial charge in [0.1, 0.15) is 6.61 Å². The molecule has 0 bridgehead atoms. The largest absolute Gasteiger partial charge is 0.393 e. The molecule has 3 saturated carbocycles. The van der Waals surface area contributed by atoms with E-state index < -0.39 is 96.5 Å². The molecule has 5 aliphatic rings. The monoisotopic (exact) mass is 441 g/mol. The summed E-state index contributed by atoms with van der Waals surface area (Å²) in [5.41, 5.74) is -4.65. The highest BCUT2D eigenvalue weighted by molar-refractivity contribution is 6.01. The van der Waals surface area contributed by atoms with Crippen LogP contribution in [0.2, 0.25) is 0 Å². The van der Waals surface area contributed by atoms with E-state index >= 15 is 0 Å². The van der Waals surface area contributed by atoms with Crippen molar-refractivity contribution < 1.29 is 44.4 Å². The number of hydrogen-bond acceptors (Lipinski definition) is 6. The predicted octanol–water partition coefficient (Wildman–Crippen LogP) is 2.72. The minimum absolute atomic E-state index is 0.0594. The molecule has 4 fully saturated rings. The summed E-state index contributed by atoms with van der Waals surface area (Å²) in [5.74, 6) is -3.63. The van der Waals surface area contributed by atoms with Crippen LogP contribution >= 0.6 is 0 Å². The van der Waals surface area contributed by atoms with E-state index in [0.29, 0.717) is 12.0 Å². The van der Waals surface area contributed by atoms with Crippen molar-refractivity contribution in [2.45, 2.75) is 83.2 Å². The van der Waals surface area contributed by atoms with Crippen LogP contribution in [0.3, 0.4) is 0 Å². The summed E-state index contributed by atoms with van der Waals surface area (Å²) in [4.78, 5) is 26.1. The fourth-order valence-corrected chi connectivity index (χ4v) is 7.41. The number of carbonyl (C=O) groups excluding carboxylic acids is 2. The van der Waals surface area contributed by atoms with E-state index in [9.17, 15) is 19.8 Å². The van der Waals surface area contributed by atoms with Gasteiger partial charge in [-0.15, -0.1) is 0 Å². The van der Waals surface area contributed by atoms with Crippen molar-refractivity contribution in [3.8, 4) is 0 Å². The summed E-state index contributed by atoms with van der Waals surface area (Å²) < 4.78 is 101. The second kappa shape index (κ2) is 7.08. The summed E-state index contributed by atoms with van der Waals surface area (Å²) in [6, 6.07) is -1.31. The summed E-state index contributed by atoms with van der Waals surface area (Å²) >= 11 is 0. The zero-order valence-electron chi connectivity index (χ0n) is 28.4. The van der Waals surface area contributed by atoms with Gasteiger partial charge < -0.3 is 19.7 Å². The Hall–Kier alpha value is -1.34. The van der Waals surface area contributed by atoms with Gasteiger partial charge in [-0.3, -0.25) is 9.59 Å². The first-order valence-electron chi connectivity index (χ1n) is 16.1. The van der Waals surface area contributed by atoms with Crippen molar-refractivity contribution in [3.63, 3.8) is 0 Å². The topological polar surface area (TPSA) is 93.1 Å². The van der Waals surface area contributed by atoms with E-state index in [1.54, 1.807) is 13.8 Å². The third-order valence-corrected chi connectivity index (χ3v) is 8.56. The third-order valence-electron chi connectivity index (χ3n) is 8.56. The van der Waals surface area contributed by atoms with Gasteiger partial charge in [-0.05, 0) is 56.0 Å². The third kappa shape index (κ3) is 2.65. The van der Waals surface area contributed by atoms with Crippen LogP contribution in [0.5, 0.6) is 0 Å². The molecule has 5 rings (SSSR count). The molecule has 6 nitrogen and oxygen atoms in total. The Morgan fingerprint density at radius 2 is 2.29 bits per heavy atom. The Labute approximate surface area is 199 Å². The SMILES string of the molecule is [2H]C1=C([2H])[C@@]2(C)C(=C([2H])C1=O)CC[C@@H]1[C@@H]2[C@@H](O)C[C@@]2(C)[C@H]1C[C@H]1OC([2H])(C([2H])([2H])C([2H])([2H])C([2H])([2H])[2H])O[C@]12C(=O)CO. The lowest BCUT2D eigenvalue weighted by Gasteiger charge is -2.59. The zero-order chi connectivity index (χ0) is 31.8. The van der Waals surface area contributed by atoms with Gasteiger partial charge in [0.25, 0.3) is 0 Å². The van der Waals surface area contributed by atoms with Gasteiger partial charge in [-0.1, -0.05) is 38.7 Å². The quantitative estimate of drug-likeness (QED) is 0.697. The minimum atomic E-state index is -3.65. The number of Topliss-reactive ketones (excluding diaryl/α,β-unsaturated/α-hetero) is 1. The van der Waals surface area contributed by atoms with Crippen LogP contribution in [-0.2, 0) is 19.1 Å². The van der Waals surface area contributed by atoms with E-state index in [4.69, 9.17) is 24.6 Å². The summed E-state index contributed by atoms with van der Waals surface area (Å²) in [6.45, 7) is -1.45. The van der Waals surface area contributed by atoms with Gasteiger partial charge >= 0.3 is 0 Å². The maximum atomic E-state index is 13.6. The van der Waals surface area contributed by atoms with Crippen molar-refractivity contribution in [2.75, 3.05) is 6.61 Å². The first-order valence-corrected chi connectivity index (χ1v) is 10.6. The molecule has 1 aliphatic heterocycles. The fourth-order valence-electron chi connectivity index (χ4n) is 7.41. The molecule has 31 heavy (non-hydrogen) atoms. The Bertz CT molecular complexity index is 1310. The minimum Gasteiger partial charge on any atom is -0.393 e. The molecule has 170 valence electrons. The maximum Gasteiger partial charge on any atom is 0.193 e. The van der Waals surface area contributed by atoms with Crippen molar-refractivity contribution in [2.24, 2.45) is 28.6 Å². The summed E-state index contributed by atoms with van der Waals surface area (Å²) in [7, 11) is 0. The molecule has 1 unspecified atom stereocenters. The number of ketones is 2. The summed E-state index contributed by atoms with van der Waals surface area (Å²) in [6.07, 6.45) is -13.1. The second-order valence-electron chi connectivity index (χ2n) is 9.71. The number of carbonyl (C=O) groups is 2. The van der Waals surface area contributed by atoms with E-state index in [1.165, 1.54) is 0 Å².